The van der Waals surface area contributed by atoms with E-state index in [1.54, 1.807) is 4.52 Å². The van der Waals surface area contributed by atoms with Gasteiger partial charge in [-0.25, -0.2) is 4.52 Å². The molecule has 0 unspecified atom stereocenters. The number of aromatic nitrogens is 2. The van der Waals surface area contributed by atoms with Crippen molar-refractivity contribution in [3.8, 4) is 0 Å². The van der Waals surface area contributed by atoms with Crippen LogP contribution in [0.2, 0.25) is 0 Å². The molecule has 6 heteroatoms. The lowest BCUT2D eigenvalue weighted by atomic mass is 10.3. The molecule has 19 heavy (non-hydrogen) atoms. The molecule has 0 atom stereocenters. The molecule has 0 fully saturated rings. The zero-order valence-electron chi connectivity index (χ0n) is 11.6. The summed E-state index contributed by atoms with van der Waals surface area (Å²) in [6, 6.07) is 5.86. The summed E-state index contributed by atoms with van der Waals surface area (Å²) in [4.78, 5) is 2.15. The topological polar surface area (TPSA) is 70.6 Å². The Morgan fingerprint density at radius 1 is 1.26 bits per heavy atom. The first-order chi connectivity index (χ1) is 9.18. The molecule has 2 aromatic heterocycles. The van der Waals surface area contributed by atoms with Crippen molar-refractivity contribution in [3.05, 3.63) is 24.4 Å². The Morgan fingerprint density at radius 3 is 2.84 bits per heavy atom. The van der Waals surface area contributed by atoms with E-state index in [-0.39, 0.29) is 0 Å². The number of hydrogen-bond acceptors (Lipinski definition) is 5. The molecule has 104 valence electrons. The maximum absolute atomic E-state index is 6.05. The van der Waals surface area contributed by atoms with Crippen molar-refractivity contribution >= 4 is 17.0 Å². The van der Waals surface area contributed by atoms with Crippen LogP contribution < -0.4 is 16.4 Å². The van der Waals surface area contributed by atoms with Crippen molar-refractivity contribution in [2.45, 2.75) is 0 Å². The summed E-state index contributed by atoms with van der Waals surface area (Å²) in [5.41, 5.74) is 7.69. The molecule has 0 amide bonds. The highest BCUT2D eigenvalue weighted by Crippen LogP contribution is 2.21. The van der Waals surface area contributed by atoms with Crippen molar-refractivity contribution in [2.75, 3.05) is 51.3 Å². The molecule has 0 aromatic carbocycles. The Hall–Kier alpha value is -1.79. The number of anilines is 2. The van der Waals surface area contributed by atoms with Crippen molar-refractivity contribution < 1.29 is 0 Å². The third-order valence-electron chi connectivity index (χ3n) is 2.91. The minimum Gasteiger partial charge on any atom is -0.394 e. The Kier molecular flexibility index (Phi) is 4.59. The predicted molar refractivity (Wildman–Crippen MR) is 79.5 cm³/mol. The van der Waals surface area contributed by atoms with E-state index in [4.69, 9.17) is 5.73 Å². The summed E-state index contributed by atoms with van der Waals surface area (Å²) >= 11 is 0. The highest BCUT2D eigenvalue weighted by molar-refractivity contribution is 5.80. The largest absolute Gasteiger partial charge is 0.394 e. The molecule has 2 aromatic rings. The van der Waals surface area contributed by atoms with Crippen LogP contribution in [0.3, 0.4) is 0 Å². The number of nitrogens with zero attached hydrogens (tertiary/aromatic N) is 3. The second-order valence-corrected chi connectivity index (χ2v) is 4.77. The van der Waals surface area contributed by atoms with E-state index in [2.05, 4.69) is 34.7 Å². The highest BCUT2D eigenvalue weighted by atomic mass is 15.3. The van der Waals surface area contributed by atoms with E-state index in [0.717, 1.165) is 37.5 Å². The van der Waals surface area contributed by atoms with Crippen LogP contribution in [0.25, 0.3) is 5.52 Å². The van der Waals surface area contributed by atoms with Gasteiger partial charge in [-0.1, -0.05) is 6.07 Å². The van der Waals surface area contributed by atoms with Crippen LogP contribution >= 0.6 is 0 Å². The first-order valence-electron chi connectivity index (χ1n) is 6.50. The van der Waals surface area contributed by atoms with Crippen LogP contribution in [0.4, 0.5) is 11.5 Å². The molecule has 0 aliphatic carbocycles. The van der Waals surface area contributed by atoms with Crippen molar-refractivity contribution in [3.63, 3.8) is 0 Å². The fourth-order valence-electron chi connectivity index (χ4n) is 1.85. The van der Waals surface area contributed by atoms with Gasteiger partial charge >= 0.3 is 0 Å². The number of hydrogen-bond donors (Lipinski definition) is 3. The third-order valence-corrected chi connectivity index (χ3v) is 2.91. The highest BCUT2D eigenvalue weighted by Gasteiger charge is 2.07. The third kappa shape index (κ3) is 3.59. The average Bonchev–Trinajstić information content (AvgIpc) is 2.71. The van der Waals surface area contributed by atoms with Crippen molar-refractivity contribution in [1.82, 2.24) is 19.8 Å². The van der Waals surface area contributed by atoms with Crippen molar-refractivity contribution in [1.29, 1.82) is 0 Å². The minimum atomic E-state index is 0.703. The molecule has 2 heterocycles. The van der Waals surface area contributed by atoms with Gasteiger partial charge in [-0.05, 0) is 26.2 Å². The fourth-order valence-corrected chi connectivity index (χ4v) is 1.85. The molecule has 0 saturated heterocycles. The molecule has 0 saturated carbocycles. The average molecular weight is 262 g/mol. The second kappa shape index (κ2) is 6.40. The van der Waals surface area contributed by atoms with Gasteiger partial charge < -0.3 is 21.3 Å². The molecular formula is C13H22N6. The Balaban J connectivity index is 1.80. The molecule has 6 nitrogen and oxygen atoms in total. The first kappa shape index (κ1) is 13.6. The number of nitrogens with two attached hydrogens (primary N) is 1. The van der Waals surface area contributed by atoms with Gasteiger partial charge in [0.25, 0.3) is 0 Å². The van der Waals surface area contributed by atoms with Crippen LogP contribution in [0.5, 0.6) is 0 Å². The summed E-state index contributed by atoms with van der Waals surface area (Å²) < 4.78 is 1.79. The summed E-state index contributed by atoms with van der Waals surface area (Å²) in [6.45, 7) is 3.72. The number of rotatable bonds is 7. The Morgan fingerprint density at radius 2 is 2.11 bits per heavy atom. The first-order valence-corrected chi connectivity index (χ1v) is 6.50. The lowest BCUT2D eigenvalue weighted by Gasteiger charge is -2.10. The zero-order valence-corrected chi connectivity index (χ0v) is 11.6. The Bertz CT molecular complexity index is 519. The number of likely N-dealkylation sites (N-methyl/N-ethyl adjacent to an activating group) is 1. The van der Waals surface area contributed by atoms with E-state index >= 15 is 0 Å². The van der Waals surface area contributed by atoms with Gasteiger partial charge in [-0.15, -0.1) is 5.10 Å². The quantitative estimate of drug-likeness (QED) is 0.633. The number of nitrogen functional groups attached to an aromatic ring is 1. The van der Waals surface area contributed by atoms with E-state index in [0.29, 0.717) is 5.69 Å². The number of nitrogens with one attached hydrogen (secondary N) is 2. The lowest BCUT2D eigenvalue weighted by molar-refractivity contribution is 0.402. The van der Waals surface area contributed by atoms with Crippen LogP contribution in [0.1, 0.15) is 0 Å². The maximum atomic E-state index is 6.05. The SMILES string of the molecule is CN(C)CCNCCNc1nn2ccccc2c1N. The van der Waals surface area contributed by atoms with E-state index in [1.165, 1.54) is 0 Å². The standard InChI is InChI=1S/C13H22N6/c1-18(2)10-8-15-6-7-16-13-12(14)11-5-3-4-9-19(11)17-13/h3-5,9,15H,6-8,10,14H2,1-2H3,(H,16,17). The van der Waals surface area contributed by atoms with E-state index in [9.17, 15) is 0 Å². The van der Waals surface area contributed by atoms with Crippen LogP contribution in [-0.4, -0.2) is 54.8 Å². The molecule has 0 aliphatic rings. The van der Waals surface area contributed by atoms with Gasteiger partial charge in [0.05, 0.1) is 5.52 Å². The Labute approximate surface area is 113 Å². The second-order valence-electron chi connectivity index (χ2n) is 4.77. The smallest absolute Gasteiger partial charge is 0.172 e. The summed E-state index contributed by atoms with van der Waals surface area (Å²) in [7, 11) is 4.13. The monoisotopic (exact) mass is 262 g/mol. The predicted octanol–water partition coefficient (Wildman–Crippen LogP) is 0.480. The zero-order chi connectivity index (χ0) is 13.7. The van der Waals surface area contributed by atoms with Gasteiger partial charge in [0.1, 0.15) is 5.69 Å². The number of pyridine rings is 1. The molecule has 0 aliphatic heterocycles. The molecule has 0 spiro atoms. The van der Waals surface area contributed by atoms with Gasteiger partial charge in [-0.2, -0.15) is 0 Å². The van der Waals surface area contributed by atoms with Crippen LogP contribution in [-0.2, 0) is 0 Å². The minimum absolute atomic E-state index is 0.703. The van der Waals surface area contributed by atoms with Crippen molar-refractivity contribution in [2.24, 2.45) is 0 Å². The van der Waals surface area contributed by atoms with E-state index in [1.807, 2.05) is 24.4 Å². The summed E-state index contributed by atoms with van der Waals surface area (Å²) in [5, 5.41) is 11.0. The lowest BCUT2D eigenvalue weighted by Crippen LogP contribution is -2.30. The fraction of sp³-hybridized carbons (Fsp3) is 0.462. The van der Waals surface area contributed by atoms with E-state index < -0.39 is 0 Å². The normalized spacial score (nSPS) is 11.3. The molecule has 4 N–H and O–H groups in total. The van der Waals surface area contributed by atoms with Crippen LogP contribution in [0.15, 0.2) is 24.4 Å². The van der Waals surface area contributed by atoms with Gasteiger partial charge in [-0.3, -0.25) is 0 Å². The van der Waals surface area contributed by atoms with Gasteiger partial charge in [0.15, 0.2) is 5.82 Å². The number of fused-ring (bicyclic) bond motifs is 1. The molecule has 2 rings (SSSR count). The molecule has 0 radical (unpaired) electrons. The molecular weight excluding hydrogens is 240 g/mol. The van der Waals surface area contributed by atoms with Gasteiger partial charge in [0.2, 0.25) is 0 Å². The molecule has 0 bridgehead atoms. The summed E-state index contributed by atoms with van der Waals surface area (Å²) in [5.74, 6) is 0.751. The van der Waals surface area contributed by atoms with Gasteiger partial charge in [0, 0.05) is 32.4 Å². The maximum Gasteiger partial charge on any atom is 0.172 e. The summed E-state index contributed by atoms with van der Waals surface area (Å²) in [6.07, 6.45) is 1.90. The van der Waals surface area contributed by atoms with Crippen LogP contribution in [0, 0.1) is 0 Å².